The summed E-state index contributed by atoms with van der Waals surface area (Å²) in [4.78, 5) is 16.3. The maximum Gasteiger partial charge on any atom is 0.317 e. The fraction of sp³-hybridized carbons (Fsp3) is 0.594. The van der Waals surface area contributed by atoms with Crippen molar-refractivity contribution < 1.29 is 19.7 Å². The van der Waals surface area contributed by atoms with Crippen LogP contribution in [0.4, 0.5) is 0 Å². The number of rotatable bonds is 10. The monoisotopic (exact) mass is 569 g/mol. The van der Waals surface area contributed by atoms with Crippen LogP contribution in [0, 0.1) is 5.92 Å². The zero-order valence-electron chi connectivity index (χ0n) is 23.8. The summed E-state index contributed by atoms with van der Waals surface area (Å²) in [6, 6.07) is 14.5. The number of aliphatic carboxylic acids is 1. The Kier molecular flexibility index (Phi) is 9.38. The minimum absolute atomic E-state index is 0.0413. The Balaban J connectivity index is 1.24. The molecule has 3 N–H and O–H groups in total. The molecule has 0 amide bonds. The molecule has 0 aromatic heterocycles. The van der Waals surface area contributed by atoms with Gasteiger partial charge >= 0.3 is 5.97 Å². The zero-order chi connectivity index (χ0) is 28.3. The highest BCUT2D eigenvalue weighted by Crippen LogP contribution is 2.44. The number of nitrogens with one attached hydrogen (secondary N) is 1. The molecule has 8 heteroatoms. The summed E-state index contributed by atoms with van der Waals surface area (Å²) in [6.45, 7) is 8.95. The van der Waals surface area contributed by atoms with Crippen molar-refractivity contribution >= 4 is 17.6 Å². The lowest BCUT2D eigenvalue weighted by atomic mass is 9.74. The van der Waals surface area contributed by atoms with Crippen molar-refractivity contribution in [2.24, 2.45) is 5.92 Å². The number of hydrogen-bond acceptors (Lipinski definition) is 6. The van der Waals surface area contributed by atoms with E-state index in [1.165, 1.54) is 18.4 Å². The van der Waals surface area contributed by atoms with E-state index >= 15 is 0 Å². The third kappa shape index (κ3) is 7.18. The number of halogens is 1. The molecule has 2 aromatic rings. The first kappa shape index (κ1) is 29.3. The molecule has 3 aliphatic heterocycles. The Labute approximate surface area is 243 Å². The minimum atomic E-state index is -0.894. The summed E-state index contributed by atoms with van der Waals surface area (Å²) in [7, 11) is 0. The molecule has 218 valence electrons. The van der Waals surface area contributed by atoms with Gasteiger partial charge in [0.15, 0.2) is 0 Å². The average Bonchev–Trinajstić information content (AvgIpc) is 3.33. The first-order valence-electron chi connectivity index (χ1n) is 14.8. The van der Waals surface area contributed by atoms with Gasteiger partial charge in [0.1, 0.15) is 12.4 Å². The molecule has 0 bridgehead atoms. The average molecular weight is 570 g/mol. The predicted octanol–water partition coefficient (Wildman–Crippen LogP) is 4.85. The van der Waals surface area contributed by atoms with E-state index in [0.717, 1.165) is 62.3 Å². The van der Waals surface area contributed by atoms with Crippen molar-refractivity contribution in [2.75, 3.05) is 39.3 Å². The highest BCUT2D eigenvalue weighted by molar-refractivity contribution is 6.30. The van der Waals surface area contributed by atoms with Crippen LogP contribution in [0.25, 0.3) is 0 Å². The third-order valence-corrected chi connectivity index (χ3v) is 9.33. The molecular formula is C32H44ClN3O4. The minimum Gasteiger partial charge on any atom is -0.492 e. The van der Waals surface area contributed by atoms with Gasteiger partial charge in [-0.05, 0) is 118 Å². The van der Waals surface area contributed by atoms with Gasteiger partial charge in [0, 0.05) is 30.2 Å². The molecule has 0 radical (unpaired) electrons. The molecule has 40 heavy (non-hydrogen) atoms. The molecule has 4 atom stereocenters. The highest BCUT2D eigenvalue weighted by atomic mass is 35.5. The number of benzene rings is 2. The van der Waals surface area contributed by atoms with Gasteiger partial charge in [0.05, 0.1) is 12.1 Å². The second-order valence-electron chi connectivity index (χ2n) is 12.4. The first-order valence-corrected chi connectivity index (χ1v) is 15.2. The van der Waals surface area contributed by atoms with E-state index in [9.17, 15) is 15.0 Å². The number of carboxylic acids is 1. The molecule has 2 saturated heterocycles. The van der Waals surface area contributed by atoms with E-state index in [-0.39, 0.29) is 12.6 Å². The van der Waals surface area contributed by atoms with Gasteiger partial charge in [-0.2, -0.15) is 0 Å². The summed E-state index contributed by atoms with van der Waals surface area (Å²) in [6.07, 6.45) is 5.49. The Morgan fingerprint density at radius 1 is 1.20 bits per heavy atom. The van der Waals surface area contributed by atoms with Gasteiger partial charge in [-0.3, -0.25) is 9.69 Å². The zero-order valence-corrected chi connectivity index (χ0v) is 24.6. The Hall–Kier alpha value is -2.16. The molecule has 3 aliphatic rings. The molecule has 0 saturated carbocycles. The molecule has 3 unspecified atom stereocenters. The van der Waals surface area contributed by atoms with E-state index in [1.807, 2.05) is 44.2 Å². The van der Waals surface area contributed by atoms with Gasteiger partial charge in [-0.1, -0.05) is 29.8 Å². The number of carboxylic acid groups (broad SMARTS) is 1. The molecule has 0 spiro atoms. The fourth-order valence-electron chi connectivity index (χ4n) is 6.93. The number of hydrogen-bond donors (Lipinski definition) is 3. The Morgan fingerprint density at radius 3 is 2.75 bits per heavy atom. The van der Waals surface area contributed by atoms with Crippen LogP contribution in [0.2, 0.25) is 5.02 Å². The fourth-order valence-corrected chi connectivity index (χ4v) is 7.06. The van der Waals surface area contributed by atoms with Crippen LogP contribution in [-0.4, -0.2) is 77.4 Å². The van der Waals surface area contributed by atoms with Crippen molar-refractivity contribution in [3.05, 3.63) is 64.2 Å². The first-order chi connectivity index (χ1) is 19.2. The Morgan fingerprint density at radius 2 is 2.00 bits per heavy atom. The van der Waals surface area contributed by atoms with Crippen LogP contribution < -0.4 is 10.1 Å². The van der Waals surface area contributed by atoms with Crippen LogP contribution in [0.1, 0.15) is 68.6 Å². The van der Waals surface area contributed by atoms with Crippen molar-refractivity contribution in [3.63, 3.8) is 0 Å². The topological polar surface area (TPSA) is 85.3 Å². The predicted molar refractivity (Wildman–Crippen MR) is 158 cm³/mol. The lowest BCUT2D eigenvalue weighted by molar-refractivity contribution is -0.139. The van der Waals surface area contributed by atoms with E-state index < -0.39 is 11.6 Å². The lowest BCUT2D eigenvalue weighted by Gasteiger charge is -2.36. The summed E-state index contributed by atoms with van der Waals surface area (Å²) in [5.74, 6) is 1.07. The summed E-state index contributed by atoms with van der Waals surface area (Å²) >= 11 is 6.05. The largest absolute Gasteiger partial charge is 0.492 e. The number of nitrogens with zero attached hydrogens (tertiary/aromatic N) is 2. The van der Waals surface area contributed by atoms with Gasteiger partial charge in [0.2, 0.25) is 0 Å². The number of likely N-dealkylation sites (tertiary alicyclic amines) is 1. The van der Waals surface area contributed by atoms with Crippen LogP contribution in [0.5, 0.6) is 5.75 Å². The van der Waals surface area contributed by atoms with Gasteiger partial charge in [-0.15, -0.1) is 0 Å². The summed E-state index contributed by atoms with van der Waals surface area (Å²) in [5.41, 5.74) is 2.36. The molecule has 2 fully saturated rings. The maximum atomic E-state index is 11.7. The Bertz CT molecular complexity index is 1150. The standard InChI is InChI=1S/C32H44ClN3O4/c1-32(2,39)23-9-12-30-28(17-23)26(27-5-3-14-34-29(27)21-40-30)6-4-15-35-16-13-25(19-35)36(20-31(37)38)18-22-7-10-24(33)11-8-22/h7-12,17,25-27,29,34,39H,3-6,13-16,18-21H2,1-2H3,(H,37,38)/t25-,26?,27?,29?/m1/s1. The van der Waals surface area contributed by atoms with Crippen LogP contribution >= 0.6 is 11.6 Å². The molecule has 3 heterocycles. The van der Waals surface area contributed by atoms with Gasteiger partial charge in [-0.25, -0.2) is 0 Å². The number of carbonyl (C=O) groups is 1. The van der Waals surface area contributed by atoms with E-state index in [4.69, 9.17) is 16.3 Å². The highest BCUT2D eigenvalue weighted by Gasteiger charge is 2.38. The number of piperidine rings is 1. The summed E-state index contributed by atoms with van der Waals surface area (Å²) in [5, 5.41) is 24.7. The normalized spacial score (nSPS) is 25.2. The van der Waals surface area contributed by atoms with E-state index in [1.54, 1.807) is 0 Å². The van der Waals surface area contributed by atoms with Crippen LogP contribution in [0.3, 0.4) is 0 Å². The van der Waals surface area contributed by atoms with E-state index in [2.05, 4.69) is 27.2 Å². The summed E-state index contributed by atoms with van der Waals surface area (Å²) < 4.78 is 6.31. The van der Waals surface area contributed by atoms with Crippen molar-refractivity contribution in [1.82, 2.24) is 15.1 Å². The molecule has 2 aromatic carbocycles. The lowest BCUT2D eigenvalue weighted by Crippen LogP contribution is -2.46. The third-order valence-electron chi connectivity index (χ3n) is 9.08. The van der Waals surface area contributed by atoms with Crippen LogP contribution in [-0.2, 0) is 16.9 Å². The number of aliphatic hydroxyl groups is 1. The second kappa shape index (κ2) is 12.8. The molecule has 7 nitrogen and oxygen atoms in total. The second-order valence-corrected chi connectivity index (χ2v) is 12.8. The molecule has 0 aliphatic carbocycles. The van der Waals surface area contributed by atoms with Crippen molar-refractivity contribution in [1.29, 1.82) is 0 Å². The number of fused-ring (bicyclic) bond motifs is 2. The smallest absolute Gasteiger partial charge is 0.317 e. The van der Waals surface area contributed by atoms with Crippen molar-refractivity contribution in [2.45, 2.75) is 76.1 Å². The van der Waals surface area contributed by atoms with Crippen molar-refractivity contribution in [3.8, 4) is 5.75 Å². The molecule has 5 rings (SSSR count). The number of ether oxygens (including phenoxy) is 1. The van der Waals surface area contributed by atoms with Gasteiger partial charge < -0.3 is 25.2 Å². The van der Waals surface area contributed by atoms with Gasteiger partial charge in [0.25, 0.3) is 0 Å². The van der Waals surface area contributed by atoms with Crippen LogP contribution in [0.15, 0.2) is 42.5 Å². The quantitative estimate of drug-likeness (QED) is 0.377. The van der Waals surface area contributed by atoms with E-state index in [0.29, 0.717) is 36.1 Å². The maximum absolute atomic E-state index is 11.7. The SMILES string of the molecule is CC(C)(O)c1ccc2c(c1)C(CCCN1CC[C@@H](N(CC(=O)O)Cc3ccc(Cl)cc3)C1)C1CCCNC1CO2. The molecular weight excluding hydrogens is 526 g/mol.